The van der Waals surface area contributed by atoms with Crippen LogP contribution >= 0.6 is 0 Å². The SMILES string of the molecule is CN(C)C(=O)Oc1ccc2c(c1OC(=O)N(C)C)CC(c1ccccc1)C(S(C)(=O)=O)=C2N. The predicted octanol–water partition coefficient (Wildman–Crippen LogP) is 2.82. The molecule has 10 heteroatoms. The Morgan fingerprint density at radius 1 is 0.939 bits per heavy atom. The summed E-state index contributed by atoms with van der Waals surface area (Å²) in [4.78, 5) is 27.2. The molecule has 1 atom stereocenters. The van der Waals surface area contributed by atoms with Gasteiger partial charge in [0.05, 0.1) is 10.6 Å². The smallest absolute Gasteiger partial charge is 0.406 e. The number of amides is 2. The van der Waals surface area contributed by atoms with Crippen LogP contribution < -0.4 is 15.2 Å². The summed E-state index contributed by atoms with van der Waals surface area (Å²) in [5.41, 5.74) is 8.10. The van der Waals surface area contributed by atoms with E-state index in [9.17, 15) is 18.0 Å². The van der Waals surface area contributed by atoms with E-state index in [0.717, 1.165) is 11.8 Å². The number of nitrogens with zero attached hydrogens (tertiary/aromatic N) is 2. The molecule has 3 rings (SSSR count). The lowest BCUT2D eigenvalue weighted by Crippen LogP contribution is -2.29. The Bertz CT molecular complexity index is 1220. The molecule has 0 aliphatic heterocycles. The van der Waals surface area contributed by atoms with Gasteiger partial charge in [-0.3, -0.25) is 0 Å². The predicted molar refractivity (Wildman–Crippen MR) is 125 cm³/mol. The molecule has 1 aliphatic rings. The molecular formula is C23H27N3O6S. The summed E-state index contributed by atoms with van der Waals surface area (Å²) in [6.07, 6.45) is -0.0477. The van der Waals surface area contributed by atoms with E-state index < -0.39 is 27.9 Å². The number of fused-ring (bicyclic) bond motifs is 1. The van der Waals surface area contributed by atoms with E-state index in [2.05, 4.69) is 0 Å². The Hall–Kier alpha value is -3.53. The van der Waals surface area contributed by atoms with Gasteiger partial charge in [-0.1, -0.05) is 30.3 Å². The fourth-order valence-electron chi connectivity index (χ4n) is 3.65. The normalized spacial score (nSPS) is 15.5. The van der Waals surface area contributed by atoms with Crippen LogP contribution in [0.2, 0.25) is 0 Å². The topological polar surface area (TPSA) is 119 Å². The van der Waals surface area contributed by atoms with Crippen molar-refractivity contribution in [2.45, 2.75) is 12.3 Å². The number of ether oxygens (including phenoxy) is 2. The molecule has 2 aromatic rings. The Balaban J connectivity index is 2.27. The van der Waals surface area contributed by atoms with Crippen molar-refractivity contribution >= 4 is 27.7 Å². The van der Waals surface area contributed by atoms with Crippen LogP contribution in [-0.4, -0.2) is 64.9 Å². The summed E-state index contributed by atoms with van der Waals surface area (Å²) < 4.78 is 36.5. The second kappa shape index (κ2) is 9.14. The van der Waals surface area contributed by atoms with Crippen LogP contribution in [0.4, 0.5) is 9.59 Å². The first kappa shape index (κ1) is 24.1. The Morgan fingerprint density at radius 3 is 2.06 bits per heavy atom. The number of benzene rings is 2. The summed E-state index contributed by atoms with van der Waals surface area (Å²) in [5.74, 6) is -0.548. The van der Waals surface area contributed by atoms with Gasteiger partial charge in [-0.15, -0.1) is 0 Å². The van der Waals surface area contributed by atoms with E-state index in [1.165, 1.54) is 44.1 Å². The van der Waals surface area contributed by atoms with Crippen LogP contribution in [0, 0.1) is 0 Å². The Kier molecular flexibility index (Phi) is 6.68. The van der Waals surface area contributed by atoms with Gasteiger partial charge in [0.15, 0.2) is 21.3 Å². The van der Waals surface area contributed by atoms with Gasteiger partial charge in [0, 0.05) is 51.5 Å². The van der Waals surface area contributed by atoms with Crippen LogP contribution in [0.5, 0.6) is 11.5 Å². The maximum absolute atomic E-state index is 12.7. The van der Waals surface area contributed by atoms with Crippen LogP contribution in [-0.2, 0) is 16.3 Å². The summed E-state index contributed by atoms with van der Waals surface area (Å²) in [6, 6.07) is 12.1. The maximum atomic E-state index is 12.7. The molecule has 9 nitrogen and oxygen atoms in total. The molecule has 0 fully saturated rings. The third kappa shape index (κ3) is 4.95. The quantitative estimate of drug-likeness (QED) is 0.725. The molecule has 0 aromatic heterocycles. The molecule has 0 saturated carbocycles. The van der Waals surface area contributed by atoms with Crippen molar-refractivity contribution in [2.24, 2.45) is 5.73 Å². The molecule has 2 aromatic carbocycles. The highest BCUT2D eigenvalue weighted by molar-refractivity contribution is 7.94. The maximum Gasteiger partial charge on any atom is 0.414 e. The molecular weight excluding hydrogens is 446 g/mol. The standard InChI is InChI=1S/C23H27N3O6S/c1-25(2)22(27)31-18-12-11-15-17(20(18)32-23(28)26(3)4)13-16(14-9-7-6-8-10-14)21(19(15)24)33(5,29)30/h6-12,16H,13,24H2,1-5H3. The lowest BCUT2D eigenvalue weighted by atomic mass is 9.82. The first-order valence-electron chi connectivity index (χ1n) is 10.1. The minimum absolute atomic E-state index is 0.0258. The summed E-state index contributed by atoms with van der Waals surface area (Å²) in [6.45, 7) is 0. The largest absolute Gasteiger partial charge is 0.414 e. The van der Waals surface area contributed by atoms with E-state index in [1.54, 1.807) is 6.07 Å². The Morgan fingerprint density at radius 2 is 1.52 bits per heavy atom. The number of sulfone groups is 1. The highest BCUT2D eigenvalue weighted by atomic mass is 32.2. The molecule has 0 radical (unpaired) electrons. The van der Waals surface area contributed by atoms with Gasteiger partial charge in [0.25, 0.3) is 0 Å². The van der Waals surface area contributed by atoms with Crippen molar-refractivity contribution in [3.05, 3.63) is 64.1 Å². The van der Waals surface area contributed by atoms with Gasteiger partial charge in [0.1, 0.15) is 0 Å². The van der Waals surface area contributed by atoms with E-state index in [1.807, 2.05) is 30.3 Å². The van der Waals surface area contributed by atoms with E-state index in [4.69, 9.17) is 15.2 Å². The molecule has 0 bridgehead atoms. The lowest BCUT2D eigenvalue weighted by molar-refractivity contribution is 0.160. The van der Waals surface area contributed by atoms with Crippen molar-refractivity contribution in [3.8, 4) is 11.5 Å². The van der Waals surface area contributed by atoms with E-state index in [-0.39, 0.29) is 28.5 Å². The zero-order valence-corrected chi connectivity index (χ0v) is 20.0. The van der Waals surface area contributed by atoms with Crippen molar-refractivity contribution in [3.63, 3.8) is 0 Å². The first-order valence-corrected chi connectivity index (χ1v) is 12.0. The van der Waals surface area contributed by atoms with Gasteiger partial charge in [0.2, 0.25) is 0 Å². The van der Waals surface area contributed by atoms with Gasteiger partial charge < -0.3 is 25.0 Å². The third-order valence-corrected chi connectivity index (χ3v) is 6.53. The van der Waals surface area contributed by atoms with Crippen molar-refractivity contribution in [1.29, 1.82) is 0 Å². The number of carbonyl (C=O) groups is 2. The van der Waals surface area contributed by atoms with Crippen LogP contribution in [0.3, 0.4) is 0 Å². The first-order chi connectivity index (χ1) is 15.4. The molecule has 0 saturated heterocycles. The lowest BCUT2D eigenvalue weighted by Gasteiger charge is -2.30. The highest BCUT2D eigenvalue weighted by Gasteiger charge is 2.36. The van der Waals surface area contributed by atoms with Crippen molar-refractivity contribution in [2.75, 3.05) is 34.4 Å². The molecule has 1 aliphatic carbocycles. The Labute approximate surface area is 193 Å². The van der Waals surface area contributed by atoms with E-state index in [0.29, 0.717) is 11.1 Å². The zero-order chi connectivity index (χ0) is 24.5. The van der Waals surface area contributed by atoms with Gasteiger partial charge in [-0.05, 0) is 24.1 Å². The molecule has 33 heavy (non-hydrogen) atoms. The molecule has 1 unspecified atom stereocenters. The average Bonchev–Trinajstić information content (AvgIpc) is 2.74. The third-order valence-electron chi connectivity index (χ3n) is 5.22. The van der Waals surface area contributed by atoms with Crippen molar-refractivity contribution < 1.29 is 27.5 Å². The number of allylic oxidation sites excluding steroid dienone is 1. The minimum atomic E-state index is -3.66. The molecule has 176 valence electrons. The van der Waals surface area contributed by atoms with Gasteiger partial charge >= 0.3 is 12.2 Å². The van der Waals surface area contributed by atoms with Crippen LogP contribution in [0.1, 0.15) is 22.6 Å². The molecule has 2 N–H and O–H groups in total. The molecule has 2 amide bonds. The minimum Gasteiger partial charge on any atom is -0.406 e. The summed E-state index contributed by atoms with van der Waals surface area (Å²) in [7, 11) is 2.43. The average molecular weight is 474 g/mol. The number of nitrogens with two attached hydrogens (primary N) is 1. The summed E-state index contributed by atoms with van der Waals surface area (Å²) >= 11 is 0. The van der Waals surface area contributed by atoms with E-state index >= 15 is 0 Å². The fourth-order valence-corrected chi connectivity index (χ4v) is 4.89. The number of rotatable bonds is 4. The fraction of sp³-hybridized carbons (Fsp3) is 0.304. The zero-order valence-electron chi connectivity index (χ0n) is 19.2. The highest BCUT2D eigenvalue weighted by Crippen LogP contribution is 2.46. The molecule has 0 spiro atoms. The second-order valence-electron chi connectivity index (χ2n) is 8.16. The summed E-state index contributed by atoms with van der Waals surface area (Å²) in [5, 5.41) is 0. The number of hydrogen-bond acceptors (Lipinski definition) is 7. The van der Waals surface area contributed by atoms with Gasteiger partial charge in [-0.2, -0.15) is 0 Å². The second-order valence-corrected chi connectivity index (χ2v) is 10.1. The van der Waals surface area contributed by atoms with Gasteiger partial charge in [-0.25, -0.2) is 18.0 Å². The monoisotopic (exact) mass is 473 g/mol. The number of carbonyl (C=O) groups excluding carboxylic acids is 2. The van der Waals surface area contributed by atoms with Crippen molar-refractivity contribution in [1.82, 2.24) is 9.80 Å². The van der Waals surface area contributed by atoms with Crippen LogP contribution in [0.15, 0.2) is 47.4 Å². The molecule has 0 heterocycles. The number of hydrogen-bond donors (Lipinski definition) is 1. The van der Waals surface area contributed by atoms with Crippen LogP contribution in [0.25, 0.3) is 5.70 Å².